The highest BCUT2D eigenvalue weighted by atomic mass is 16.3. The Kier molecular flexibility index (Phi) is 3.49. The minimum absolute atomic E-state index is 0.250. The van der Waals surface area contributed by atoms with Crippen LogP contribution in [-0.2, 0) is 6.42 Å². The molecule has 1 heteroatoms. The Hall–Kier alpha value is -0.820. The van der Waals surface area contributed by atoms with E-state index in [0.29, 0.717) is 5.92 Å². The van der Waals surface area contributed by atoms with E-state index in [1.807, 2.05) is 13.0 Å². The Morgan fingerprint density at radius 3 is 2.31 bits per heavy atom. The molecule has 0 saturated heterocycles. The molecular weight excluding hydrogens is 160 g/mol. The first-order chi connectivity index (χ1) is 6.11. The first-order valence-corrected chi connectivity index (χ1v) is 4.87. The van der Waals surface area contributed by atoms with E-state index in [2.05, 4.69) is 32.0 Å². The van der Waals surface area contributed by atoms with Crippen molar-refractivity contribution in [1.29, 1.82) is 0 Å². The highest BCUT2D eigenvalue weighted by Gasteiger charge is 2.07. The van der Waals surface area contributed by atoms with Crippen molar-refractivity contribution in [3.8, 4) is 0 Å². The Morgan fingerprint density at radius 1 is 1.15 bits per heavy atom. The van der Waals surface area contributed by atoms with Crippen molar-refractivity contribution in [3.63, 3.8) is 0 Å². The lowest BCUT2D eigenvalue weighted by molar-refractivity contribution is 0.195. The summed E-state index contributed by atoms with van der Waals surface area (Å²) in [6.45, 7) is 6.19. The summed E-state index contributed by atoms with van der Waals surface area (Å²) in [6.07, 6.45) is 0.508. The third-order valence-corrected chi connectivity index (χ3v) is 2.19. The van der Waals surface area contributed by atoms with E-state index in [0.717, 1.165) is 6.42 Å². The van der Waals surface area contributed by atoms with E-state index in [1.165, 1.54) is 11.1 Å². The molecule has 0 heterocycles. The third kappa shape index (κ3) is 2.85. The van der Waals surface area contributed by atoms with Gasteiger partial charge in [0.1, 0.15) is 0 Å². The van der Waals surface area contributed by atoms with Gasteiger partial charge in [-0.2, -0.15) is 0 Å². The van der Waals surface area contributed by atoms with Gasteiger partial charge in [-0.1, -0.05) is 38.1 Å². The number of aliphatic hydroxyl groups excluding tert-OH is 1. The van der Waals surface area contributed by atoms with Gasteiger partial charge in [0, 0.05) is 0 Å². The molecule has 1 nitrogen and oxygen atoms in total. The lowest BCUT2D eigenvalue weighted by Gasteiger charge is -2.13. The molecule has 0 unspecified atom stereocenters. The molecule has 1 aromatic carbocycles. The molecule has 0 saturated carbocycles. The highest BCUT2D eigenvalue weighted by molar-refractivity contribution is 5.30. The molecule has 1 rings (SSSR count). The van der Waals surface area contributed by atoms with E-state index in [9.17, 15) is 5.11 Å². The quantitative estimate of drug-likeness (QED) is 0.754. The van der Waals surface area contributed by atoms with Crippen LogP contribution in [0.4, 0.5) is 0 Å². The number of benzene rings is 1. The number of aliphatic hydroxyl groups is 1. The lowest BCUT2D eigenvalue weighted by atomic mass is 9.94. The first kappa shape index (κ1) is 10.3. The van der Waals surface area contributed by atoms with Gasteiger partial charge in [0.2, 0.25) is 0 Å². The third-order valence-electron chi connectivity index (χ3n) is 2.19. The highest BCUT2D eigenvalue weighted by Crippen LogP contribution is 2.20. The molecular formula is C12H18O. The molecule has 13 heavy (non-hydrogen) atoms. The zero-order chi connectivity index (χ0) is 9.84. The van der Waals surface area contributed by atoms with Gasteiger partial charge in [-0.15, -0.1) is 0 Å². The lowest BCUT2D eigenvalue weighted by Crippen LogP contribution is -2.07. The normalized spacial score (nSPS) is 13.3. The molecule has 0 fully saturated rings. The molecule has 0 aromatic heterocycles. The molecule has 1 aromatic rings. The second-order valence-corrected chi connectivity index (χ2v) is 3.91. The van der Waals surface area contributed by atoms with E-state index in [4.69, 9.17) is 0 Å². The Labute approximate surface area is 80.4 Å². The van der Waals surface area contributed by atoms with Crippen LogP contribution in [0.1, 0.15) is 37.8 Å². The molecule has 0 aliphatic rings. The number of hydrogen-bond acceptors (Lipinski definition) is 1. The standard InChI is InChI=1S/C12H18O/c1-9(2)12-7-5-4-6-11(12)8-10(3)13/h4-7,9-10,13H,8H2,1-3H3/t10-/m0/s1. The fourth-order valence-corrected chi connectivity index (χ4v) is 1.60. The number of rotatable bonds is 3. The van der Waals surface area contributed by atoms with E-state index < -0.39 is 0 Å². The Balaban J connectivity index is 2.91. The van der Waals surface area contributed by atoms with Crippen molar-refractivity contribution >= 4 is 0 Å². The van der Waals surface area contributed by atoms with Crippen molar-refractivity contribution in [3.05, 3.63) is 35.4 Å². The van der Waals surface area contributed by atoms with Gasteiger partial charge in [-0.05, 0) is 30.4 Å². The SMILES string of the molecule is CC(C)c1ccccc1C[C@H](C)O. The maximum Gasteiger partial charge on any atom is 0.0552 e. The minimum Gasteiger partial charge on any atom is -0.393 e. The predicted molar refractivity (Wildman–Crippen MR) is 55.9 cm³/mol. The maximum absolute atomic E-state index is 9.31. The van der Waals surface area contributed by atoms with Crippen LogP contribution in [0.25, 0.3) is 0 Å². The summed E-state index contributed by atoms with van der Waals surface area (Å²) in [5.74, 6) is 0.537. The predicted octanol–water partition coefficient (Wildman–Crippen LogP) is 2.73. The van der Waals surface area contributed by atoms with Crippen molar-refractivity contribution in [2.45, 2.75) is 39.2 Å². The van der Waals surface area contributed by atoms with Gasteiger partial charge < -0.3 is 5.11 Å². The van der Waals surface area contributed by atoms with E-state index >= 15 is 0 Å². The average Bonchev–Trinajstić information content (AvgIpc) is 2.03. The summed E-state index contributed by atoms with van der Waals surface area (Å²) in [5.41, 5.74) is 2.62. The molecule has 0 bridgehead atoms. The molecule has 0 aliphatic heterocycles. The number of hydrogen-bond donors (Lipinski definition) is 1. The fraction of sp³-hybridized carbons (Fsp3) is 0.500. The smallest absolute Gasteiger partial charge is 0.0552 e. The largest absolute Gasteiger partial charge is 0.393 e. The zero-order valence-electron chi connectivity index (χ0n) is 8.62. The molecule has 0 amide bonds. The molecule has 0 aliphatic carbocycles. The van der Waals surface area contributed by atoms with Crippen LogP contribution < -0.4 is 0 Å². The van der Waals surface area contributed by atoms with Crippen molar-refractivity contribution in [2.24, 2.45) is 0 Å². The van der Waals surface area contributed by atoms with Gasteiger partial charge >= 0.3 is 0 Å². The Bertz CT molecular complexity index is 264. The van der Waals surface area contributed by atoms with Crippen LogP contribution in [0, 0.1) is 0 Å². The second kappa shape index (κ2) is 4.43. The molecule has 1 atom stereocenters. The molecule has 0 spiro atoms. The zero-order valence-corrected chi connectivity index (χ0v) is 8.62. The summed E-state index contributed by atoms with van der Waals surface area (Å²) < 4.78 is 0. The van der Waals surface area contributed by atoms with Gasteiger partial charge in [0.05, 0.1) is 6.10 Å². The molecule has 1 N–H and O–H groups in total. The molecule has 72 valence electrons. The van der Waals surface area contributed by atoms with Crippen LogP contribution in [-0.4, -0.2) is 11.2 Å². The summed E-state index contributed by atoms with van der Waals surface area (Å²) in [4.78, 5) is 0. The summed E-state index contributed by atoms with van der Waals surface area (Å²) >= 11 is 0. The maximum atomic E-state index is 9.31. The summed E-state index contributed by atoms with van der Waals surface area (Å²) in [6, 6.07) is 8.33. The van der Waals surface area contributed by atoms with Crippen LogP contribution in [0.2, 0.25) is 0 Å². The Morgan fingerprint density at radius 2 is 1.77 bits per heavy atom. The van der Waals surface area contributed by atoms with E-state index in [1.54, 1.807) is 0 Å². The van der Waals surface area contributed by atoms with Gasteiger partial charge in [0.25, 0.3) is 0 Å². The second-order valence-electron chi connectivity index (χ2n) is 3.91. The monoisotopic (exact) mass is 178 g/mol. The topological polar surface area (TPSA) is 20.2 Å². The van der Waals surface area contributed by atoms with Crippen LogP contribution in [0.15, 0.2) is 24.3 Å². The van der Waals surface area contributed by atoms with Crippen molar-refractivity contribution < 1.29 is 5.11 Å². The van der Waals surface area contributed by atoms with Gasteiger partial charge in [-0.3, -0.25) is 0 Å². The minimum atomic E-state index is -0.250. The fourth-order valence-electron chi connectivity index (χ4n) is 1.60. The molecule has 0 radical (unpaired) electrons. The summed E-state index contributed by atoms with van der Waals surface area (Å²) in [7, 11) is 0. The van der Waals surface area contributed by atoms with Crippen LogP contribution in [0.3, 0.4) is 0 Å². The van der Waals surface area contributed by atoms with Crippen LogP contribution in [0.5, 0.6) is 0 Å². The van der Waals surface area contributed by atoms with Gasteiger partial charge in [-0.25, -0.2) is 0 Å². The average molecular weight is 178 g/mol. The van der Waals surface area contributed by atoms with E-state index in [-0.39, 0.29) is 6.10 Å². The van der Waals surface area contributed by atoms with Crippen molar-refractivity contribution in [2.75, 3.05) is 0 Å². The van der Waals surface area contributed by atoms with Gasteiger partial charge in [0.15, 0.2) is 0 Å². The first-order valence-electron chi connectivity index (χ1n) is 4.87. The summed E-state index contributed by atoms with van der Waals surface area (Å²) in [5, 5.41) is 9.31. The van der Waals surface area contributed by atoms with Crippen LogP contribution >= 0.6 is 0 Å². The van der Waals surface area contributed by atoms with Crippen molar-refractivity contribution in [1.82, 2.24) is 0 Å².